The Bertz CT molecular complexity index is 2490. The molecule has 0 saturated carbocycles. The SMILES string of the molecule is CC(C)(C)P1c2c(cccc2-c2c3ccccc3cc3ccccc23)O[C@H]1[C@@H]1Oc2cccc(-c3c4ccccc4cc4ccccc34)c2P1C(C)(C)C. The van der Waals surface area contributed by atoms with Crippen LogP contribution in [0.25, 0.3) is 65.3 Å². The fourth-order valence-electron chi connectivity index (χ4n) is 9.17. The number of ether oxygens (including phenoxy) is 2. The fraction of sp³-hybridized carbons (Fsp3) is 0.200. The zero-order valence-corrected chi connectivity index (χ0v) is 33.5. The topological polar surface area (TPSA) is 18.5 Å². The van der Waals surface area contributed by atoms with Crippen LogP contribution in [0.15, 0.2) is 146 Å². The first-order chi connectivity index (χ1) is 26.1. The van der Waals surface area contributed by atoms with E-state index in [-0.39, 0.29) is 22.0 Å². The highest BCUT2D eigenvalue weighted by Gasteiger charge is 2.55. The zero-order chi connectivity index (χ0) is 36.9. The Morgan fingerprint density at radius 2 is 0.704 bits per heavy atom. The second kappa shape index (κ2) is 12.4. The predicted octanol–water partition coefficient (Wildman–Crippen LogP) is 13.6. The standard InChI is InChI=1S/C50H44O2P2/c1-49(2,3)53-45-39(43-35-21-11-7-17-31(35)29-32-18-8-12-22-36(32)43)25-15-27-41(45)51-47(53)48-52-42-28-16-26-40(46(42)54(48)50(4,5)6)44-37-23-13-9-19-33(37)30-34-20-10-14-24-38(34)44/h7-30,47-48H,1-6H3/t47-,48-,53?,54?/m1/s1. The molecule has 4 atom stereocenters. The van der Waals surface area contributed by atoms with Crippen molar-refractivity contribution in [2.45, 2.75) is 63.5 Å². The molecule has 2 unspecified atom stereocenters. The normalized spacial score (nSPS) is 19.6. The van der Waals surface area contributed by atoms with Gasteiger partial charge in [-0.2, -0.15) is 0 Å². The largest absolute Gasteiger partial charge is 0.481 e. The van der Waals surface area contributed by atoms with Crippen molar-refractivity contribution in [1.82, 2.24) is 0 Å². The average molecular weight is 739 g/mol. The minimum absolute atomic E-state index is 0.0482. The maximum atomic E-state index is 7.38. The Morgan fingerprint density at radius 1 is 0.389 bits per heavy atom. The van der Waals surface area contributed by atoms with E-state index in [1.54, 1.807) is 0 Å². The van der Waals surface area contributed by atoms with E-state index in [2.05, 4.69) is 187 Å². The van der Waals surface area contributed by atoms with Crippen molar-refractivity contribution in [2.75, 3.05) is 0 Å². The Hall–Kier alpha value is -4.74. The van der Waals surface area contributed by atoms with Crippen molar-refractivity contribution in [3.63, 3.8) is 0 Å². The molecule has 54 heavy (non-hydrogen) atoms. The van der Waals surface area contributed by atoms with Crippen LogP contribution in [0.5, 0.6) is 11.5 Å². The van der Waals surface area contributed by atoms with Gasteiger partial charge in [0, 0.05) is 10.6 Å². The highest BCUT2D eigenvalue weighted by atomic mass is 31.1. The lowest BCUT2D eigenvalue weighted by molar-refractivity contribution is 0.171. The van der Waals surface area contributed by atoms with Gasteiger partial charge in [0.1, 0.15) is 11.5 Å². The van der Waals surface area contributed by atoms with Crippen molar-refractivity contribution < 1.29 is 9.47 Å². The molecule has 2 aliphatic rings. The lowest BCUT2D eigenvalue weighted by atomic mass is 9.92. The van der Waals surface area contributed by atoms with E-state index in [4.69, 9.17) is 9.47 Å². The third kappa shape index (κ3) is 5.21. The molecule has 0 aliphatic carbocycles. The van der Waals surface area contributed by atoms with Gasteiger partial charge in [-0.1, -0.05) is 163 Å². The molecule has 8 aromatic carbocycles. The number of hydrogen-bond acceptors (Lipinski definition) is 2. The highest BCUT2D eigenvalue weighted by molar-refractivity contribution is 7.72. The van der Waals surface area contributed by atoms with Gasteiger partial charge in [-0.15, -0.1) is 0 Å². The first kappa shape index (κ1) is 33.8. The summed E-state index contributed by atoms with van der Waals surface area (Å²) in [5, 5.41) is 12.8. The molecule has 0 aromatic heterocycles. The van der Waals surface area contributed by atoms with Crippen LogP contribution in [-0.4, -0.2) is 22.0 Å². The summed E-state index contributed by atoms with van der Waals surface area (Å²) in [5.74, 6) is 1.82. The van der Waals surface area contributed by atoms with Crippen molar-refractivity contribution in [1.29, 1.82) is 0 Å². The van der Waals surface area contributed by atoms with E-state index in [0.717, 1.165) is 11.5 Å². The number of hydrogen-bond donors (Lipinski definition) is 0. The summed E-state index contributed by atoms with van der Waals surface area (Å²) in [5.41, 5.74) is 5.20. The van der Waals surface area contributed by atoms with Gasteiger partial charge in [-0.25, -0.2) is 0 Å². The Kier molecular flexibility index (Phi) is 7.76. The number of rotatable bonds is 3. The van der Waals surface area contributed by atoms with Crippen LogP contribution >= 0.6 is 15.8 Å². The Labute approximate surface area is 320 Å². The molecule has 8 aromatic rings. The molecule has 10 rings (SSSR count). The summed E-state index contributed by atoms with van der Waals surface area (Å²) in [6, 6.07) is 53.6. The second-order valence-corrected chi connectivity index (χ2v) is 22.9. The van der Waals surface area contributed by atoms with Crippen LogP contribution in [0.2, 0.25) is 0 Å². The van der Waals surface area contributed by atoms with Crippen LogP contribution in [0, 0.1) is 0 Å². The summed E-state index contributed by atoms with van der Waals surface area (Å²) in [7, 11) is -1.72. The molecule has 2 heterocycles. The molecular formula is C50H44O2P2. The third-order valence-corrected chi connectivity index (χ3v) is 18.0. The van der Waals surface area contributed by atoms with Crippen molar-refractivity contribution in [3.05, 3.63) is 146 Å². The molecule has 0 spiro atoms. The molecule has 0 radical (unpaired) electrons. The van der Waals surface area contributed by atoms with Gasteiger partial charge in [0.15, 0.2) is 11.7 Å². The van der Waals surface area contributed by atoms with Gasteiger partial charge < -0.3 is 9.47 Å². The van der Waals surface area contributed by atoms with E-state index >= 15 is 0 Å². The van der Waals surface area contributed by atoms with Gasteiger partial charge in [0.2, 0.25) is 0 Å². The van der Waals surface area contributed by atoms with Gasteiger partial charge in [0.05, 0.1) is 0 Å². The van der Waals surface area contributed by atoms with Crippen LogP contribution in [0.1, 0.15) is 41.5 Å². The quantitative estimate of drug-likeness (QED) is 0.133. The maximum Gasteiger partial charge on any atom is 0.162 e. The van der Waals surface area contributed by atoms with E-state index in [1.807, 2.05) is 0 Å². The first-order valence-electron chi connectivity index (χ1n) is 19.1. The molecule has 0 fully saturated rings. The van der Waals surface area contributed by atoms with Gasteiger partial charge >= 0.3 is 0 Å². The summed E-state index contributed by atoms with van der Waals surface area (Å²) in [6.45, 7) is 14.5. The van der Waals surface area contributed by atoms with Crippen LogP contribution in [0.4, 0.5) is 0 Å². The molecule has 266 valence electrons. The zero-order valence-electron chi connectivity index (χ0n) is 31.7. The Morgan fingerprint density at radius 3 is 1.02 bits per heavy atom. The first-order valence-corrected chi connectivity index (χ1v) is 21.9. The molecule has 0 bridgehead atoms. The molecule has 4 heteroatoms. The number of benzene rings is 8. The van der Waals surface area contributed by atoms with Crippen molar-refractivity contribution in [3.8, 4) is 33.8 Å². The highest BCUT2D eigenvalue weighted by Crippen LogP contribution is 2.70. The van der Waals surface area contributed by atoms with Gasteiger partial charge in [0.25, 0.3) is 0 Å². The maximum absolute atomic E-state index is 7.38. The molecule has 0 saturated heterocycles. The molecular weight excluding hydrogens is 694 g/mol. The van der Waals surface area contributed by atoms with Crippen LogP contribution in [-0.2, 0) is 0 Å². The van der Waals surface area contributed by atoms with Gasteiger partial charge in [-0.3, -0.25) is 0 Å². The second-order valence-electron chi connectivity index (χ2n) is 16.8. The van der Waals surface area contributed by atoms with E-state index in [1.165, 1.54) is 76.0 Å². The van der Waals surface area contributed by atoms with Crippen LogP contribution in [0.3, 0.4) is 0 Å². The smallest absolute Gasteiger partial charge is 0.162 e. The molecule has 0 N–H and O–H groups in total. The Balaban J connectivity index is 1.18. The monoisotopic (exact) mass is 738 g/mol. The number of fused-ring (bicyclic) bond motifs is 6. The minimum Gasteiger partial charge on any atom is -0.481 e. The lowest BCUT2D eigenvalue weighted by Crippen LogP contribution is -2.38. The lowest BCUT2D eigenvalue weighted by Gasteiger charge is -2.40. The summed E-state index contributed by atoms with van der Waals surface area (Å²) < 4.78 is 14.8. The minimum atomic E-state index is -0.859. The van der Waals surface area contributed by atoms with Gasteiger partial charge in [-0.05, 0) is 116 Å². The van der Waals surface area contributed by atoms with Crippen LogP contribution < -0.4 is 20.1 Å². The predicted molar refractivity (Wildman–Crippen MR) is 235 cm³/mol. The van der Waals surface area contributed by atoms with E-state index in [9.17, 15) is 0 Å². The molecule has 2 nitrogen and oxygen atoms in total. The van der Waals surface area contributed by atoms with Crippen molar-refractivity contribution in [2.24, 2.45) is 0 Å². The fourth-order valence-corrected chi connectivity index (χ4v) is 16.0. The summed E-state index contributed by atoms with van der Waals surface area (Å²) in [4.78, 5) is 0. The van der Waals surface area contributed by atoms with E-state index < -0.39 is 15.8 Å². The molecule has 0 amide bonds. The molecule has 2 aliphatic heterocycles. The summed E-state index contributed by atoms with van der Waals surface area (Å²) in [6.07, 6.45) is 0. The average Bonchev–Trinajstić information content (AvgIpc) is 3.76. The van der Waals surface area contributed by atoms with E-state index in [0.29, 0.717) is 0 Å². The van der Waals surface area contributed by atoms with Crippen molar-refractivity contribution >= 4 is 69.5 Å². The summed E-state index contributed by atoms with van der Waals surface area (Å²) >= 11 is 0. The third-order valence-electron chi connectivity index (χ3n) is 11.3.